The van der Waals surface area contributed by atoms with Crippen molar-refractivity contribution in [3.8, 4) is 0 Å². The van der Waals surface area contributed by atoms with E-state index >= 15 is 0 Å². The Morgan fingerprint density at radius 1 is 1.55 bits per heavy atom. The predicted octanol–water partition coefficient (Wildman–Crippen LogP) is 2.47. The van der Waals surface area contributed by atoms with E-state index < -0.39 is 11.4 Å². The van der Waals surface area contributed by atoms with Crippen LogP contribution in [0.15, 0.2) is 0 Å². The average molecular weight is 280 g/mol. The monoisotopic (exact) mass is 280 g/mol. The molecule has 0 radical (unpaired) electrons. The molecule has 2 atom stereocenters. The summed E-state index contributed by atoms with van der Waals surface area (Å²) in [4.78, 5) is 11.5. The van der Waals surface area contributed by atoms with E-state index in [1.165, 1.54) is 6.42 Å². The molecule has 0 spiro atoms. The maximum absolute atomic E-state index is 11.5. The second-order valence-corrected chi connectivity index (χ2v) is 6.85. The van der Waals surface area contributed by atoms with Gasteiger partial charge in [-0.15, -0.1) is 5.10 Å². The predicted molar refractivity (Wildman–Crippen MR) is 74.2 cm³/mol. The van der Waals surface area contributed by atoms with Crippen molar-refractivity contribution in [2.75, 3.05) is 0 Å². The molecular formula is C14H24N4O2. The Kier molecular flexibility index (Phi) is 3.84. The van der Waals surface area contributed by atoms with Gasteiger partial charge in [0, 0.05) is 5.92 Å². The van der Waals surface area contributed by atoms with Gasteiger partial charge in [-0.2, -0.15) is 0 Å². The molecule has 20 heavy (non-hydrogen) atoms. The summed E-state index contributed by atoms with van der Waals surface area (Å²) in [5, 5.41) is 21.4. The molecule has 1 saturated carbocycles. The van der Waals surface area contributed by atoms with Crippen LogP contribution in [0.2, 0.25) is 0 Å². The third-order valence-electron chi connectivity index (χ3n) is 4.92. The number of carboxylic acids is 1. The van der Waals surface area contributed by atoms with Crippen LogP contribution in [-0.4, -0.2) is 31.3 Å². The minimum absolute atomic E-state index is 0.179. The summed E-state index contributed by atoms with van der Waals surface area (Å²) < 4.78 is 1.70. The lowest BCUT2D eigenvalue weighted by atomic mass is 9.81. The van der Waals surface area contributed by atoms with Crippen LogP contribution in [0.25, 0.3) is 0 Å². The largest absolute Gasteiger partial charge is 0.481 e. The Morgan fingerprint density at radius 3 is 2.75 bits per heavy atom. The lowest BCUT2D eigenvalue weighted by Gasteiger charge is -2.28. The van der Waals surface area contributed by atoms with Crippen molar-refractivity contribution in [2.45, 2.75) is 65.8 Å². The van der Waals surface area contributed by atoms with E-state index in [1.807, 2.05) is 6.92 Å². The minimum Gasteiger partial charge on any atom is -0.481 e. The van der Waals surface area contributed by atoms with Crippen molar-refractivity contribution in [3.63, 3.8) is 0 Å². The Bertz CT molecular complexity index is 497. The fourth-order valence-corrected chi connectivity index (χ4v) is 3.04. The van der Waals surface area contributed by atoms with Gasteiger partial charge in [-0.25, -0.2) is 4.68 Å². The molecule has 0 aromatic carbocycles. The van der Waals surface area contributed by atoms with Crippen LogP contribution in [-0.2, 0) is 11.3 Å². The van der Waals surface area contributed by atoms with Crippen LogP contribution in [0.5, 0.6) is 0 Å². The van der Waals surface area contributed by atoms with Gasteiger partial charge in [0.1, 0.15) is 0 Å². The molecular weight excluding hydrogens is 256 g/mol. The van der Waals surface area contributed by atoms with Crippen molar-refractivity contribution >= 4 is 5.97 Å². The highest BCUT2D eigenvalue weighted by atomic mass is 16.4. The number of hydrogen-bond donors (Lipinski definition) is 1. The molecule has 0 saturated heterocycles. The summed E-state index contributed by atoms with van der Waals surface area (Å²) in [6, 6.07) is 0. The average Bonchev–Trinajstić information content (AvgIpc) is 2.94. The van der Waals surface area contributed by atoms with Crippen molar-refractivity contribution in [1.29, 1.82) is 0 Å². The fourth-order valence-electron chi connectivity index (χ4n) is 3.04. The van der Waals surface area contributed by atoms with E-state index in [9.17, 15) is 9.90 Å². The van der Waals surface area contributed by atoms with Gasteiger partial charge in [0.15, 0.2) is 5.82 Å². The summed E-state index contributed by atoms with van der Waals surface area (Å²) in [6.45, 7) is 8.44. The number of aliphatic carboxylic acids is 1. The van der Waals surface area contributed by atoms with Gasteiger partial charge in [0.05, 0.1) is 12.0 Å². The first-order valence-corrected chi connectivity index (χ1v) is 7.29. The van der Waals surface area contributed by atoms with Crippen molar-refractivity contribution < 1.29 is 9.90 Å². The van der Waals surface area contributed by atoms with Crippen LogP contribution in [0.1, 0.15) is 65.1 Å². The molecule has 0 bridgehead atoms. The number of carbonyl (C=O) groups is 1. The number of aromatic nitrogens is 4. The highest BCUT2D eigenvalue weighted by Crippen LogP contribution is 2.48. The topological polar surface area (TPSA) is 80.9 Å². The second-order valence-electron chi connectivity index (χ2n) is 6.85. The Labute approximate surface area is 119 Å². The number of tetrazole rings is 1. The first kappa shape index (κ1) is 14.9. The molecule has 112 valence electrons. The van der Waals surface area contributed by atoms with Gasteiger partial charge in [-0.1, -0.05) is 27.2 Å². The van der Waals surface area contributed by atoms with Crippen molar-refractivity contribution in [3.05, 3.63) is 5.82 Å². The fraction of sp³-hybridized carbons (Fsp3) is 0.857. The third kappa shape index (κ3) is 2.55. The van der Waals surface area contributed by atoms with E-state index in [0.717, 1.165) is 18.7 Å². The van der Waals surface area contributed by atoms with Crippen LogP contribution in [0, 0.1) is 10.8 Å². The maximum Gasteiger partial charge on any atom is 0.311 e. The van der Waals surface area contributed by atoms with E-state index in [0.29, 0.717) is 18.9 Å². The van der Waals surface area contributed by atoms with Crippen LogP contribution in [0.3, 0.4) is 0 Å². The van der Waals surface area contributed by atoms with E-state index in [-0.39, 0.29) is 5.41 Å². The molecule has 1 heterocycles. The molecule has 1 aliphatic rings. The standard InChI is InChI=1S/C14H24N4O2/c1-5-14(4,12(19)20)9-18-11(15-16-17-18)10-7-6-8-13(10,2)3/h10H,5-9H2,1-4H3,(H,19,20). The smallest absolute Gasteiger partial charge is 0.311 e. The first-order valence-electron chi connectivity index (χ1n) is 7.29. The number of carboxylic acid groups (broad SMARTS) is 1. The van der Waals surface area contributed by atoms with Crippen molar-refractivity contribution in [2.24, 2.45) is 10.8 Å². The third-order valence-corrected chi connectivity index (χ3v) is 4.92. The van der Waals surface area contributed by atoms with Crippen LogP contribution in [0.4, 0.5) is 0 Å². The van der Waals surface area contributed by atoms with Gasteiger partial charge in [0.2, 0.25) is 0 Å². The summed E-state index contributed by atoms with van der Waals surface area (Å²) >= 11 is 0. The molecule has 0 aliphatic heterocycles. The van der Waals surface area contributed by atoms with Crippen LogP contribution < -0.4 is 0 Å². The normalized spacial score (nSPS) is 24.5. The summed E-state index contributed by atoms with van der Waals surface area (Å²) in [7, 11) is 0. The van der Waals surface area contributed by atoms with E-state index in [1.54, 1.807) is 11.6 Å². The second kappa shape index (κ2) is 5.14. The van der Waals surface area contributed by atoms with Gasteiger partial charge < -0.3 is 5.11 Å². The molecule has 2 unspecified atom stereocenters. The molecule has 1 aliphatic carbocycles. The molecule has 1 N–H and O–H groups in total. The lowest BCUT2D eigenvalue weighted by Crippen LogP contribution is -2.34. The number of hydrogen-bond acceptors (Lipinski definition) is 4. The molecule has 2 rings (SSSR count). The van der Waals surface area contributed by atoms with Crippen molar-refractivity contribution in [1.82, 2.24) is 20.2 Å². The molecule has 0 amide bonds. The minimum atomic E-state index is -0.827. The quantitative estimate of drug-likeness (QED) is 0.896. The Balaban J connectivity index is 2.28. The highest BCUT2D eigenvalue weighted by Gasteiger charge is 2.40. The number of rotatable bonds is 5. The summed E-state index contributed by atoms with van der Waals surface area (Å²) in [6.07, 6.45) is 3.96. The molecule has 1 aromatic heterocycles. The number of nitrogens with zero attached hydrogens (tertiary/aromatic N) is 4. The van der Waals surface area contributed by atoms with Gasteiger partial charge in [0.25, 0.3) is 0 Å². The van der Waals surface area contributed by atoms with Gasteiger partial charge in [-0.05, 0) is 42.0 Å². The summed E-state index contributed by atoms with van der Waals surface area (Å²) in [5.41, 5.74) is -0.648. The molecule has 6 heteroatoms. The van der Waals surface area contributed by atoms with E-state index in [4.69, 9.17) is 0 Å². The molecule has 1 aromatic rings. The molecule has 6 nitrogen and oxygen atoms in total. The zero-order valence-electron chi connectivity index (χ0n) is 12.8. The lowest BCUT2D eigenvalue weighted by molar-refractivity contribution is -0.149. The summed E-state index contributed by atoms with van der Waals surface area (Å²) in [5.74, 6) is 0.355. The SMILES string of the molecule is CCC(C)(Cn1nnnc1C1CCCC1(C)C)C(=O)O. The Hall–Kier alpha value is -1.46. The van der Waals surface area contributed by atoms with Crippen LogP contribution >= 0.6 is 0 Å². The maximum atomic E-state index is 11.5. The molecule has 1 fully saturated rings. The Morgan fingerprint density at radius 2 is 2.25 bits per heavy atom. The van der Waals surface area contributed by atoms with E-state index in [2.05, 4.69) is 29.4 Å². The zero-order chi connectivity index (χ0) is 15.0. The zero-order valence-corrected chi connectivity index (χ0v) is 12.8. The first-order chi connectivity index (χ1) is 9.30. The highest BCUT2D eigenvalue weighted by molar-refractivity contribution is 5.73. The van der Waals surface area contributed by atoms with Gasteiger partial charge in [-0.3, -0.25) is 4.79 Å². The van der Waals surface area contributed by atoms with Gasteiger partial charge >= 0.3 is 5.97 Å².